The van der Waals surface area contributed by atoms with E-state index in [0.29, 0.717) is 22.3 Å². The monoisotopic (exact) mass is 285 g/mol. The molecule has 7 heteroatoms. The molecule has 106 valence electrons. The van der Waals surface area contributed by atoms with Gasteiger partial charge in [0.2, 0.25) is 5.91 Å². The van der Waals surface area contributed by atoms with Gasteiger partial charge in [0.25, 0.3) is 0 Å². The zero-order chi connectivity index (χ0) is 14.6. The molecule has 1 heterocycles. The van der Waals surface area contributed by atoms with Gasteiger partial charge in [0.15, 0.2) is 5.13 Å². The molecule has 1 rings (SSSR count). The molecule has 1 aromatic rings. The Morgan fingerprint density at radius 2 is 2.05 bits per heavy atom. The van der Waals surface area contributed by atoms with Crippen molar-refractivity contribution in [3.8, 4) is 0 Å². The van der Waals surface area contributed by atoms with E-state index in [1.807, 2.05) is 13.8 Å². The standard InChI is InChI=1S/C12H19N3O3S/c1-5-18-11(17)9-8(6(2)3)14-12(19-9)15-10(16)7(4)13/h6-7H,5,13H2,1-4H3,(H,14,15,16). The first-order valence-electron chi connectivity index (χ1n) is 6.11. The molecule has 0 aliphatic heterocycles. The van der Waals surface area contributed by atoms with Crippen LogP contribution >= 0.6 is 11.3 Å². The van der Waals surface area contributed by atoms with Gasteiger partial charge in [0, 0.05) is 0 Å². The zero-order valence-corrected chi connectivity index (χ0v) is 12.3. The van der Waals surface area contributed by atoms with E-state index >= 15 is 0 Å². The van der Waals surface area contributed by atoms with Gasteiger partial charge in [0.05, 0.1) is 18.3 Å². The predicted molar refractivity (Wildman–Crippen MR) is 74.4 cm³/mol. The minimum absolute atomic E-state index is 0.0663. The number of ether oxygens (including phenoxy) is 1. The fourth-order valence-electron chi connectivity index (χ4n) is 1.34. The van der Waals surface area contributed by atoms with Crippen molar-refractivity contribution in [3.63, 3.8) is 0 Å². The first-order valence-corrected chi connectivity index (χ1v) is 6.92. The van der Waals surface area contributed by atoms with Crippen molar-refractivity contribution in [3.05, 3.63) is 10.6 Å². The van der Waals surface area contributed by atoms with Gasteiger partial charge in [-0.3, -0.25) is 4.79 Å². The van der Waals surface area contributed by atoms with Gasteiger partial charge in [-0.2, -0.15) is 0 Å². The van der Waals surface area contributed by atoms with Gasteiger partial charge in [0.1, 0.15) is 4.88 Å². The number of aromatic nitrogens is 1. The Hall–Kier alpha value is -1.47. The highest BCUT2D eigenvalue weighted by Crippen LogP contribution is 2.29. The second-order valence-electron chi connectivity index (χ2n) is 4.39. The molecule has 0 saturated heterocycles. The summed E-state index contributed by atoms with van der Waals surface area (Å²) < 4.78 is 4.98. The van der Waals surface area contributed by atoms with Crippen molar-refractivity contribution in [1.29, 1.82) is 0 Å². The fraction of sp³-hybridized carbons (Fsp3) is 0.583. The molecule has 0 aliphatic rings. The lowest BCUT2D eigenvalue weighted by Crippen LogP contribution is -2.32. The summed E-state index contributed by atoms with van der Waals surface area (Å²) in [5.74, 6) is -0.680. The van der Waals surface area contributed by atoms with Crippen LogP contribution in [0.4, 0.5) is 5.13 Å². The number of nitrogens with one attached hydrogen (secondary N) is 1. The maximum Gasteiger partial charge on any atom is 0.350 e. The second-order valence-corrected chi connectivity index (χ2v) is 5.39. The maximum absolute atomic E-state index is 11.8. The van der Waals surface area contributed by atoms with Crippen LogP contribution in [0.25, 0.3) is 0 Å². The van der Waals surface area contributed by atoms with Crippen molar-refractivity contribution < 1.29 is 14.3 Å². The molecular weight excluding hydrogens is 266 g/mol. The highest BCUT2D eigenvalue weighted by atomic mass is 32.1. The lowest BCUT2D eigenvalue weighted by atomic mass is 10.1. The van der Waals surface area contributed by atoms with Gasteiger partial charge < -0.3 is 15.8 Å². The molecule has 0 saturated carbocycles. The Morgan fingerprint density at radius 1 is 1.42 bits per heavy atom. The topological polar surface area (TPSA) is 94.3 Å². The van der Waals surface area contributed by atoms with Gasteiger partial charge in [-0.15, -0.1) is 0 Å². The zero-order valence-electron chi connectivity index (χ0n) is 11.5. The van der Waals surface area contributed by atoms with Gasteiger partial charge in [-0.1, -0.05) is 25.2 Å². The Balaban J connectivity index is 3.01. The van der Waals surface area contributed by atoms with Crippen molar-refractivity contribution in [2.24, 2.45) is 5.73 Å². The van der Waals surface area contributed by atoms with E-state index < -0.39 is 12.0 Å². The largest absolute Gasteiger partial charge is 0.462 e. The average molecular weight is 285 g/mol. The third-order valence-corrected chi connectivity index (χ3v) is 3.27. The quantitative estimate of drug-likeness (QED) is 0.803. The molecule has 1 aromatic heterocycles. The third-order valence-electron chi connectivity index (χ3n) is 2.30. The Bertz CT molecular complexity index is 469. The third kappa shape index (κ3) is 4.00. The van der Waals surface area contributed by atoms with E-state index in [1.54, 1.807) is 13.8 Å². The minimum Gasteiger partial charge on any atom is -0.462 e. The molecule has 0 aliphatic carbocycles. The van der Waals surface area contributed by atoms with Crippen LogP contribution in [0.2, 0.25) is 0 Å². The summed E-state index contributed by atoms with van der Waals surface area (Å²) in [6, 6.07) is -0.627. The highest BCUT2D eigenvalue weighted by Gasteiger charge is 2.22. The number of hydrogen-bond donors (Lipinski definition) is 2. The van der Waals surface area contributed by atoms with Crippen molar-refractivity contribution in [2.45, 2.75) is 39.7 Å². The molecule has 0 radical (unpaired) electrons. The number of thiazole rings is 1. The van der Waals surface area contributed by atoms with Crippen LogP contribution in [-0.2, 0) is 9.53 Å². The van der Waals surface area contributed by atoms with E-state index in [2.05, 4.69) is 10.3 Å². The van der Waals surface area contributed by atoms with Gasteiger partial charge in [-0.25, -0.2) is 9.78 Å². The van der Waals surface area contributed by atoms with E-state index in [-0.39, 0.29) is 11.8 Å². The van der Waals surface area contributed by atoms with Crippen molar-refractivity contribution in [1.82, 2.24) is 4.98 Å². The normalized spacial score (nSPS) is 12.3. The number of carbonyl (C=O) groups excluding carboxylic acids is 2. The summed E-state index contributed by atoms with van der Waals surface area (Å²) in [4.78, 5) is 28.0. The number of nitrogens with two attached hydrogens (primary N) is 1. The maximum atomic E-state index is 11.8. The lowest BCUT2D eigenvalue weighted by Gasteiger charge is -2.04. The van der Waals surface area contributed by atoms with E-state index in [9.17, 15) is 9.59 Å². The number of carbonyl (C=O) groups is 2. The van der Waals surface area contributed by atoms with E-state index in [0.717, 1.165) is 11.3 Å². The van der Waals surface area contributed by atoms with Gasteiger partial charge >= 0.3 is 5.97 Å². The van der Waals surface area contributed by atoms with Crippen LogP contribution in [0.1, 0.15) is 49.0 Å². The number of hydrogen-bond acceptors (Lipinski definition) is 6. The molecule has 0 bridgehead atoms. The van der Waals surface area contributed by atoms with E-state index in [1.165, 1.54) is 0 Å². The molecule has 0 fully saturated rings. The average Bonchev–Trinajstić information content (AvgIpc) is 2.73. The number of anilines is 1. The molecule has 0 spiro atoms. The smallest absolute Gasteiger partial charge is 0.350 e. The van der Waals surface area contributed by atoms with Crippen LogP contribution in [0.15, 0.2) is 0 Å². The van der Waals surface area contributed by atoms with Crippen LogP contribution in [0.5, 0.6) is 0 Å². The molecule has 6 nitrogen and oxygen atoms in total. The highest BCUT2D eigenvalue weighted by molar-refractivity contribution is 7.17. The van der Waals surface area contributed by atoms with Crippen LogP contribution in [-0.4, -0.2) is 29.5 Å². The Kier molecular flexibility index (Phi) is 5.44. The lowest BCUT2D eigenvalue weighted by molar-refractivity contribution is -0.117. The van der Waals surface area contributed by atoms with Crippen molar-refractivity contribution >= 4 is 28.3 Å². The number of nitrogens with zero attached hydrogens (tertiary/aromatic N) is 1. The van der Waals surface area contributed by atoms with Crippen LogP contribution < -0.4 is 11.1 Å². The minimum atomic E-state index is -0.627. The molecule has 1 unspecified atom stereocenters. The molecule has 19 heavy (non-hydrogen) atoms. The molecule has 1 atom stereocenters. The summed E-state index contributed by atoms with van der Waals surface area (Å²) in [5, 5.41) is 2.96. The Morgan fingerprint density at radius 3 is 2.53 bits per heavy atom. The van der Waals surface area contributed by atoms with Gasteiger partial charge in [-0.05, 0) is 19.8 Å². The van der Waals surface area contributed by atoms with E-state index in [4.69, 9.17) is 10.5 Å². The first kappa shape index (κ1) is 15.6. The van der Waals surface area contributed by atoms with Crippen LogP contribution in [0, 0.1) is 0 Å². The predicted octanol–water partition coefficient (Wildman–Crippen LogP) is 1.73. The summed E-state index contributed by atoms with van der Waals surface area (Å²) in [6.45, 7) is 7.48. The van der Waals surface area contributed by atoms with Crippen LogP contribution in [0.3, 0.4) is 0 Å². The summed E-state index contributed by atoms with van der Waals surface area (Å²) >= 11 is 1.11. The summed E-state index contributed by atoms with van der Waals surface area (Å²) in [5.41, 5.74) is 6.10. The second kappa shape index (κ2) is 6.63. The fourth-order valence-corrected chi connectivity index (χ4v) is 2.36. The molecule has 0 aromatic carbocycles. The number of amides is 1. The summed E-state index contributed by atoms with van der Waals surface area (Å²) in [7, 11) is 0. The number of esters is 1. The summed E-state index contributed by atoms with van der Waals surface area (Å²) in [6.07, 6.45) is 0. The number of rotatable bonds is 5. The molecule has 3 N–H and O–H groups in total. The molecule has 1 amide bonds. The first-order chi connectivity index (χ1) is 8.86. The Labute approximate surface area is 116 Å². The SMILES string of the molecule is CCOC(=O)c1sc(NC(=O)C(C)N)nc1C(C)C. The molecular formula is C12H19N3O3S. The van der Waals surface area contributed by atoms with Crippen molar-refractivity contribution in [2.75, 3.05) is 11.9 Å².